The average Bonchev–Trinajstić information content (AvgIpc) is 3.43. The van der Waals surface area contributed by atoms with E-state index in [1.807, 2.05) is 0 Å². The fourth-order valence-electron chi connectivity index (χ4n) is 9.66. The molecule has 0 heterocycles. The number of unbranched alkanes of at least 4 members (excludes halogenated alkanes) is 38. The quantitative estimate of drug-likeness (QED) is 0.0261. The first-order valence-corrected chi connectivity index (χ1v) is 33.4. The molecule has 0 saturated heterocycles. The predicted molar refractivity (Wildman–Crippen MR) is 335 cm³/mol. The van der Waals surface area contributed by atoms with Gasteiger partial charge < -0.3 is 14.2 Å². The van der Waals surface area contributed by atoms with Gasteiger partial charge in [0, 0.05) is 19.3 Å². The Morgan fingerprint density at radius 3 is 0.818 bits per heavy atom. The molecule has 0 aliphatic heterocycles. The second-order valence-corrected chi connectivity index (χ2v) is 22.3. The van der Waals surface area contributed by atoms with Crippen molar-refractivity contribution >= 4 is 17.9 Å². The van der Waals surface area contributed by atoms with Crippen LogP contribution in [0.15, 0.2) is 72.9 Å². The third-order valence-electron chi connectivity index (χ3n) is 14.7. The van der Waals surface area contributed by atoms with E-state index >= 15 is 0 Å². The summed E-state index contributed by atoms with van der Waals surface area (Å²) in [4.78, 5) is 38.3. The van der Waals surface area contributed by atoms with Gasteiger partial charge in [-0.25, -0.2) is 0 Å². The molecule has 0 rings (SSSR count). The first kappa shape index (κ1) is 73.8. The molecule has 6 heteroatoms. The number of hydrogen-bond acceptors (Lipinski definition) is 6. The van der Waals surface area contributed by atoms with Crippen LogP contribution in [0.5, 0.6) is 0 Å². The van der Waals surface area contributed by atoms with Gasteiger partial charge in [-0.15, -0.1) is 0 Å². The van der Waals surface area contributed by atoms with Crippen molar-refractivity contribution in [2.75, 3.05) is 13.2 Å². The van der Waals surface area contributed by atoms with Gasteiger partial charge in [0.05, 0.1) is 0 Å². The van der Waals surface area contributed by atoms with Crippen LogP contribution in [0.4, 0.5) is 0 Å². The molecule has 77 heavy (non-hydrogen) atoms. The van der Waals surface area contributed by atoms with Gasteiger partial charge >= 0.3 is 17.9 Å². The van der Waals surface area contributed by atoms with Crippen LogP contribution in [-0.2, 0) is 28.6 Å². The SMILES string of the molecule is CC/C=C\C/C=C\C/C=C\CCCCCC(=O)OCC(COC(=O)CCCCCCCCCCCCCCCCCCC/C=C\C/C=C\CCCCCCC)OC(=O)CCCCCCCCC/C=C\CCCCCCCC. The molecule has 446 valence electrons. The summed E-state index contributed by atoms with van der Waals surface area (Å²) >= 11 is 0. The minimum atomic E-state index is -0.789. The Labute approximate surface area is 478 Å². The molecule has 0 aliphatic rings. The normalized spacial score (nSPS) is 12.5. The smallest absolute Gasteiger partial charge is 0.306 e. The lowest BCUT2D eigenvalue weighted by Gasteiger charge is -2.18. The van der Waals surface area contributed by atoms with Crippen LogP contribution in [-0.4, -0.2) is 37.2 Å². The van der Waals surface area contributed by atoms with Crippen molar-refractivity contribution in [3.05, 3.63) is 72.9 Å². The van der Waals surface area contributed by atoms with E-state index in [-0.39, 0.29) is 31.1 Å². The van der Waals surface area contributed by atoms with Crippen molar-refractivity contribution in [2.45, 2.75) is 348 Å². The lowest BCUT2D eigenvalue weighted by Crippen LogP contribution is -2.30. The van der Waals surface area contributed by atoms with Gasteiger partial charge in [-0.1, -0.05) is 286 Å². The number of carbonyl (C=O) groups is 3. The number of esters is 3. The maximum Gasteiger partial charge on any atom is 0.306 e. The van der Waals surface area contributed by atoms with Crippen molar-refractivity contribution in [3.63, 3.8) is 0 Å². The van der Waals surface area contributed by atoms with Gasteiger partial charge in [-0.05, 0) is 109 Å². The Bertz CT molecular complexity index is 1420. The first-order valence-electron chi connectivity index (χ1n) is 33.4. The molecular weight excluding hydrogens is 949 g/mol. The Morgan fingerprint density at radius 2 is 0.506 bits per heavy atom. The van der Waals surface area contributed by atoms with Gasteiger partial charge in [-0.3, -0.25) is 14.4 Å². The fourth-order valence-corrected chi connectivity index (χ4v) is 9.66. The monoisotopic (exact) mass is 1070 g/mol. The summed E-state index contributed by atoms with van der Waals surface area (Å²) in [6.07, 6.45) is 85.0. The minimum absolute atomic E-state index is 0.0840. The van der Waals surface area contributed by atoms with Crippen LogP contribution in [0.2, 0.25) is 0 Å². The molecule has 0 aliphatic carbocycles. The van der Waals surface area contributed by atoms with Crippen LogP contribution < -0.4 is 0 Å². The van der Waals surface area contributed by atoms with Crippen LogP contribution in [0.1, 0.15) is 342 Å². The van der Waals surface area contributed by atoms with E-state index in [2.05, 4.69) is 93.7 Å². The summed E-state index contributed by atoms with van der Waals surface area (Å²) < 4.78 is 16.9. The van der Waals surface area contributed by atoms with Crippen molar-refractivity contribution in [1.29, 1.82) is 0 Å². The van der Waals surface area contributed by atoms with Crippen molar-refractivity contribution in [2.24, 2.45) is 0 Å². The fraction of sp³-hybridized carbons (Fsp3) is 0.789. The molecule has 0 saturated carbocycles. The maximum atomic E-state index is 12.9. The molecule has 0 N–H and O–H groups in total. The zero-order valence-electron chi connectivity index (χ0n) is 51.2. The third-order valence-corrected chi connectivity index (χ3v) is 14.7. The molecule has 0 aromatic carbocycles. The van der Waals surface area contributed by atoms with E-state index in [1.54, 1.807) is 0 Å². The molecule has 1 unspecified atom stereocenters. The molecular formula is C71H126O6. The summed E-state index contributed by atoms with van der Waals surface area (Å²) in [5, 5.41) is 0. The molecule has 0 amide bonds. The summed E-state index contributed by atoms with van der Waals surface area (Å²) in [5.74, 6) is -0.903. The second-order valence-electron chi connectivity index (χ2n) is 22.3. The molecule has 0 bridgehead atoms. The molecule has 1 atom stereocenters. The molecule has 6 nitrogen and oxygen atoms in total. The van der Waals surface area contributed by atoms with Crippen molar-refractivity contribution in [1.82, 2.24) is 0 Å². The minimum Gasteiger partial charge on any atom is -0.462 e. The Morgan fingerprint density at radius 1 is 0.273 bits per heavy atom. The predicted octanol–water partition coefficient (Wildman–Crippen LogP) is 22.9. The summed E-state index contributed by atoms with van der Waals surface area (Å²) in [7, 11) is 0. The average molecular weight is 1080 g/mol. The topological polar surface area (TPSA) is 78.9 Å². The van der Waals surface area contributed by atoms with Crippen LogP contribution in [0.3, 0.4) is 0 Å². The molecule has 0 aromatic heterocycles. The Kier molecular flexibility index (Phi) is 62.7. The van der Waals surface area contributed by atoms with E-state index in [1.165, 1.54) is 212 Å². The molecule has 0 fully saturated rings. The van der Waals surface area contributed by atoms with E-state index in [4.69, 9.17) is 14.2 Å². The van der Waals surface area contributed by atoms with Gasteiger partial charge in [0.15, 0.2) is 6.10 Å². The lowest BCUT2D eigenvalue weighted by atomic mass is 10.0. The number of ether oxygens (including phenoxy) is 3. The number of hydrogen-bond donors (Lipinski definition) is 0. The highest BCUT2D eigenvalue weighted by Gasteiger charge is 2.19. The van der Waals surface area contributed by atoms with Crippen molar-refractivity contribution in [3.8, 4) is 0 Å². The summed E-state index contributed by atoms with van der Waals surface area (Å²) in [6, 6.07) is 0. The highest BCUT2D eigenvalue weighted by atomic mass is 16.6. The van der Waals surface area contributed by atoms with Gasteiger partial charge in [0.1, 0.15) is 13.2 Å². The van der Waals surface area contributed by atoms with E-state index < -0.39 is 6.10 Å². The Hall–Kier alpha value is -3.15. The number of allylic oxidation sites excluding steroid dienone is 12. The second kappa shape index (κ2) is 65.4. The maximum absolute atomic E-state index is 12.9. The van der Waals surface area contributed by atoms with Crippen LogP contribution in [0.25, 0.3) is 0 Å². The van der Waals surface area contributed by atoms with E-state index in [0.29, 0.717) is 19.3 Å². The van der Waals surface area contributed by atoms with Gasteiger partial charge in [-0.2, -0.15) is 0 Å². The van der Waals surface area contributed by atoms with Crippen molar-refractivity contribution < 1.29 is 28.6 Å². The molecule has 0 spiro atoms. The standard InChI is InChI=1S/C71H126O6/c1-4-7-10-13-16-19-22-25-27-29-30-31-32-33-34-35-36-37-38-39-40-42-43-46-49-52-55-58-61-64-70(73)76-67-68(66-75-69(72)63-60-57-54-51-48-45-24-21-18-15-12-9-6-3)77-71(74)65-62-59-56-53-50-47-44-41-28-26-23-20-17-14-11-8-5-2/h9,12,18,21-22,25-26,28-30,45,48,68H,4-8,10-11,13-17,19-20,23-24,27,31-44,46-47,49-67H2,1-3H3/b12-9-,21-18-,25-22-,28-26-,30-29-,48-45-. The van der Waals surface area contributed by atoms with Gasteiger partial charge in [0.2, 0.25) is 0 Å². The van der Waals surface area contributed by atoms with Crippen LogP contribution >= 0.6 is 0 Å². The lowest BCUT2D eigenvalue weighted by molar-refractivity contribution is -0.167. The summed E-state index contributed by atoms with van der Waals surface area (Å²) in [5.41, 5.74) is 0. The Balaban J connectivity index is 4.22. The molecule has 0 aromatic rings. The highest BCUT2D eigenvalue weighted by Crippen LogP contribution is 2.17. The highest BCUT2D eigenvalue weighted by molar-refractivity contribution is 5.71. The zero-order valence-corrected chi connectivity index (χ0v) is 51.2. The van der Waals surface area contributed by atoms with E-state index in [0.717, 1.165) is 89.9 Å². The van der Waals surface area contributed by atoms with E-state index in [9.17, 15) is 14.4 Å². The third kappa shape index (κ3) is 63.6. The zero-order chi connectivity index (χ0) is 55.7. The summed E-state index contributed by atoms with van der Waals surface area (Å²) in [6.45, 7) is 6.52. The van der Waals surface area contributed by atoms with Gasteiger partial charge in [0.25, 0.3) is 0 Å². The first-order chi connectivity index (χ1) is 38.0. The number of carbonyl (C=O) groups excluding carboxylic acids is 3. The largest absolute Gasteiger partial charge is 0.462 e. The number of rotatable bonds is 61. The van der Waals surface area contributed by atoms with Crippen LogP contribution in [0, 0.1) is 0 Å². The molecule has 0 radical (unpaired) electrons.